The van der Waals surface area contributed by atoms with Gasteiger partial charge in [0, 0.05) is 0 Å². The fourth-order valence-electron chi connectivity index (χ4n) is 3.09. The molecule has 0 aliphatic rings. The van der Waals surface area contributed by atoms with Gasteiger partial charge in [0.2, 0.25) is 0 Å². The van der Waals surface area contributed by atoms with Gasteiger partial charge in [0.25, 0.3) is 11.8 Å². The lowest BCUT2D eigenvalue weighted by Gasteiger charge is -2.09. The molecule has 1 aromatic heterocycles. The predicted octanol–water partition coefficient (Wildman–Crippen LogP) is 6.18. The first-order chi connectivity index (χ1) is 17.0. The SMILES string of the molecule is O=C(Nc1ccccc1C(=O)N/N=C\c1cccc(OCc2ccc(Cl)c(Cl)c2)c1)c1ccco1. The Balaban J connectivity index is 1.37. The standard InChI is InChI=1S/C26H19Cl2N3O4/c27-21-11-10-18(14-22(21)28)16-35-19-6-3-5-17(13-19)15-29-31-25(32)20-7-1-2-8-23(20)30-26(33)24-9-4-12-34-24/h1-15H,16H2,(H,30,33)(H,31,32)/b29-15-. The predicted molar refractivity (Wildman–Crippen MR) is 135 cm³/mol. The summed E-state index contributed by atoms with van der Waals surface area (Å²) in [5.74, 6) is -0.183. The highest BCUT2D eigenvalue weighted by molar-refractivity contribution is 6.42. The molecule has 0 radical (unpaired) electrons. The Labute approximate surface area is 211 Å². The van der Waals surface area contributed by atoms with Crippen molar-refractivity contribution in [1.29, 1.82) is 0 Å². The molecule has 7 nitrogen and oxygen atoms in total. The van der Waals surface area contributed by atoms with Crippen molar-refractivity contribution in [1.82, 2.24) is 5.43 Å². The van der Waals surface area contributed by atoms with Crippen LogP contribution >= 0.6 is 23.2 Å². The van der Waals surface area contributed by atoms with Gasteiger partial charge in [-0.25, -0.2) is 5.43 Å². The van der Waals surface area contributed by atoms with Gasteiger partial charge in [0.15, 0.2) is 5.76 Å². The van der Waals surface area contributed by atoms with E-state index in [2.05, 4.69) is 15.8 Å². The Bertz CT molecular complexity index is 1370. The van der Waals surface area contributed by atoms with E-state index in [4.69, 9.17) is 32.4 Å². The quantitative estimate of drug-likeness (QED) is 0.220. The normalized spacial score (nSPS) is 10.8. The summed E-state index contributed by atoms with van der Waals surface area (Å²) in [5.41, 5.74) is 4.66. The minimum absolute atomic E-state index is 0.138. The second-order valence-corrected chi connectivity index (χ2v) is 8.10. The molecule has 0 atom stereocenters. The molecule has 1 heterocycles. The maximum Gasteiger partial charge on any atom is 0.291 e. The van der Waals surface area contributed by atoms with Crippen LogP contribution in [0.15, 0.2) is 94.6 Å². The van der Waals surface area contributed by atoms with Gasteiger partial charge in [0.1, 0.15) is 12.4 Å². The Morgan fingerprint density at radius 1 is 0.914 bits per heavy atom. The van der Waals surface area contributed by atoms with Gasteiger partial charge < -0.3 is 14.5 Å². The molecule has 35 heavy (non-hydrogen) atoms. The number of anilines is 1. The topological polar surface area (TPSA) is 92.9 Å². The average Bonchev–Trinajstić information content (AvgIpc) is 3.41. The molecule has 0 saturated heterocycles. The number of carbonyl (C=O) groups excluding carboxylic acids is 2. The van der Waals surface area contributed by atoms with Crippen molar-refractivity contribution < 1.29 is 18.7 Å². The van der Waals surface area contributed by atoms with Gasteiger partial charge in [0.05, 0.1) is 33.8 Å². The smallest absolute Gasteiger partial charge is 0.291 e. The van der Waals surface area contributed by atoms with Gasteiger partial charge in [-0.05, 0) is 59.7 Å². The number of hydrazone groups is 1. The molecule has 2 N–H and O–H groups in total. The molecule has 0 saturated carbocycles. The maximum absolute atomic E-state index is 12.7. The molecule has 0 bridgehead atoms. The third kappa shape index (κ3) is 6.50. The van der Waals surface area contributed by atoms with Crippen molar-refractivity contribution in [2.45, 2.75) is 6.61 Å². The third-order valence-electron chi connectivity index (χ3n) is 4.79. The molecular formula is C26H19Cl2N3O4. The summed E-state index contributed by atoms with van der Waals surface area (Å²) in [6.45, 7) is 0.314. The molecule has 0 unspecified atom stereocenters. The molecule has 2 amide bonds. The number of ether oxygens (including phenoxy) is 1. The second-order valence-electron chi connectivity index (χ2n) is 7.29. The number of nitrogens with zero attached hydrogens (tertiary/aromatic N) is 1. The van der Waals surface area contributed by atoms with Crippen molar-refractivity contribution in [2.24, 2.45) is 5.10 Å². The molecule has 9 heteroatoms. The van der Waals surface area contributed by atoms with E-state index in [1.165, 1.54) is 18.5 Å². The summed E-state index contributed by atoms with van der Waals surface area (Å²) in [4.78, 5) is 24.9. The largest absolute Gasteiger partial charge is 0.489 e. The Kier molecular flexibility index (Phi) is 7.82. The van der Waals surface area contributed by atoms with E-state index in [0.29, 0.717) is 28.1 Å². The van der Waals surface area contributed by atoms with Gasteiger partial charge in [-0.3, -0.25) is 9.59 Å². The lowest BCUT2D eigenvalue weighted by molar-refractivity contribution is 0.0956. The fraction of sp³-hybridized carbons (Fsp3) is 0.0385. The molecule has 4 rings (SSSR count). The number of carbonyl (C=O) groups is 2. The summed E-state index contributed by atoms with van der Waals surface area (Å²) in [7, 11) is 0. The highest BCUT2D eigenvalue weighted by Gasteiger charge is 2.15. The lowest BCUT2D eigenvalue weighted by atomic mass is 10.1. The van der Waals surface area contributed by atoms with Crippen LogP contribution in [0.3, 0.4) is 0 Å². The van der Waals surface area contributed by atoms with E-state index in [9.17, 15) is 9.59 Å². The number of amides is 2. The van der Waals surface area contributed by atoms with Crippen molar-refractivity contribution in [3.8, 4) is 5.75 Å². The summed E-state index contributed by atoms with van der Waals surface area (Å²) in [5, 5.41) is 7.64. The molecule has 0 fully saturated rings. The number of rotatable bonds is 8. The van der Waals surface area contributed by atoms with Gasteiger partial charge >= 0.3 is 0 Å². The van der Waals surface area contributed by atoms with Crippen LogP contribution in [0.2, 0.25) is 10.0 Å². The summed E-state index contributed by atoms with van der Waals surface area (Å²) < 4.78 is 10.9. The Hall–Kier alpha value is -4.07. The molecule has 0 aliphatic heterocycles. The van der Waals surface area contributed by atoms with Gasteiger partial charge in [-0.15, -0.1) is 0 Å². The van der Waals surface area contributed by atoms with E-state index in [0.717, 1.165) is 11.1 Å². The first-order valence-electron chi connectivity index (χ1n) is 10.4. The summed E-state index contributed by atoms with van der Waals surface area (Å²) in [6, 6.07) is 22.3. The molecule has 4 aromatic rings. The first kappa shape index (κ1) is 24.1. The Morgan fingerprint density at radius 3 is 2.57 bits per heavy atom. The number of furan rings is 1. The molecule has 176 valence electrons. The van der Waals surface area contributed by atoms with E-state index >= 15 is 0 Å². The monoisotopic (exact) mass is 507 g/mol. The number of halogens is 2. The van der Waals surface area contributed by atoms with E-state index < -0.39 is 11.8 Å². The molecule has 0 spiro atoms. The fourth-order valence-corrected chi connectivity index (χ4v) is 3.41. The van der Waals surface area contributed by atoms with Crippen LogP contribution in [0.4, 0.5) is 5.69 Å². The van der Waals surface area contributed by atoms with Crippen LogP contribution < -0.4 is 15.5 Å². The number of benzene rings is 3. The van der Waals surface area contributed by atoms with Crippen LogP contribution in [-0.4, -0.2) is 18.0 Å². The number of hydrogen-bond donors (Lipinski definition) is 2. The molecule has 3 aromatic carbocycles. The van der Waals surface area contributed by atoms with E-state index in [-0.39, 0.29) is 11.3 Å². The maximum atomic E-state index is 12.7. The second kappa shape index (κ2) is 11.4. The van der Waals surface area contributed by atoms with Crippen LogP contribution in [0.25, 0.3) is 0 Å². The zero-order valence-corrected chi connectivity index (χ0v) is 19.7. The van der Waals surface area contributed by atoms with Crippen molar-refractivity contribution >= 4 is 46.9 Å². The van der Waals surface area contributed by atoms with Gasteiger partial charge in [-0.1, -0.05) is 53.5 Å². The highest BCUT2D eigenvalue weighted by Crippen LogP contribution is 2.23. The summed E-state index contributed by atoms with van der Waals surface area (Å²) >= 11 is 12.0. The van der Waals surface area contributed by atoms with E-state index in [1.54, 1.807) is 48.5 Å². The van der Waals surface area contributed by atoms with Crippen LogP contribution in [0, 0.1) is 0 Å². The van der Waals surface area contributed by atoms with Gasteiger partial charge in [-0.2, -0.15) is 5.10 Å². The minimum atomic E-state index is -0.483. The average molecular weight is 508 g/mol. The van der Waals surface area contributed by atoms with E-state index in [1.807, 2.05) is 24.3 Å². The van der Waals surface area contributed by atoms with Crippen LogP contribution in [-0.2, 0) is 6.61 Å². The van der Waals surface area contributed by atoms with Crippen LogP contribution in [0.5, 0.6) is 5.75 Å². The lowest BCUT2D eigenvalue weighted by Crippen LogP contribution is -2.21. The number of para-hydroxylation sites is 1. The third-order valence-corrected chi connectivity index (χ3v) is 5.53. The highest BCUT2D eigenvalue weighted by atomic mass is 35.5. The van der Waals surface area contributed by atoms with Crippen molar-refractivity contribution in [3.63, 3.8) is 0 Å². The van der Waals surface area contributed by atoms with Crippen LogP contribution in [0.1, 0.15) is 32.0 Å². The number of hydrogen-bond acceptors (Lipinski definition) is 5. The zero-order chi connectivity index (χ0) is 24.6. The zero-order valence-electron chi connectivity index (χ0n) is 18.2. The molecular weight excluding hydrogens is 489 g/mol. The van der Waals surface area contributed by atoms with Crippen molar-refractivity contribution in [2.75, 3.05) is 5.32 Å². The summed E-state index contributed by atoms with van der Waals surface area (Å²) in [6.07, 6.45) is 2.89. The first-order valence-corrected chi connectivity index (χ1v) is 11.2. The molecule has 0 aliphatic carbocycles. The number of nitrogens with one attached hydrogen (secondary N) is 2. The van der Waals surface area contributed by atoms with Crippen molar-refractivity contribution in [3.05, 3.63) is 118 Å². The Morgan fingerprint density at radius 2 is 1.77 bits per heavy atom. The minimum Gasteiger partial charge on any atom is -0.489 e.